The third-order valence-electron chi connectivity index (χ3n) is 3.37. The number of rotatable bonds is 5. The van der Waals surface area contributed by atoms with E-state index < -0.39 is 10.0 Å². The Labute approximate surface area is 145 Å². The number of halogens is 1. The highest BCUT2D eigenvalue weighted by atomic mass is 35.5. The van der Waals surface area contributed by atoms with Crippen molar-refractivity contribution in [3.05, 3.63) is 77.7 Å². The van der Waals surface area contributed by atoms with E-state index in [-0.39, 0.29) is 11.4 Å². The van der Waals surface area contributed by atoms with Gasteiger partial charge in [-0.15, -0.1) is 0 Å². The predicted octanol–water partition coefficient (Wildman–Crippen LogP) is 3.28. The number of aromatic nitrogens is 2. The van der Waals surface area contributed by atoms with Gasteiger partial charge in [-0.3, -0.25) is 9.97 Å². The molecule has 7 heteroatoms. The summed E-state index contributed by atoms with van der Waals surface area (Å²) >= 11 is 5.77. The molecule has 3 aromatic rings. The van der Waals surface area contributed by atoms with Gasteiger partial charge in [0.25, 0.3) is 0 Å². The number of pyridine rings is 2. The van der Waals surface area contributed by atoms with Crippen LogP contribution in [0.3, 0.4) is 0 Å². The summed E-state index contributed by atoms with van der Waals surface area (Å²) in [5, 5.41) is 0.490. The zero-order valence-corrected chi connectivity index (χ0v) is 14.1. The van der Waals surface area contributed by atoms with Gasteiger partial charge in [-0.1, -0.05) is 17.7 Å². The molecule has 0 fully saturated rings. The molecule has 0 spiro atoms. The Bertz CT molecular complexity index is 912. The highest BCUT2D eigenvalue weighted by Gasteiger charge is 2.13. The molecule has 5 nitrogen and oxygen atoms in total. The molecule has 0 saturated heterocycles. The Morgan fingerprint density at radius 1 is 1.00 bits per heavy atom. The summed E-state index contributed by atoms with van der Waals surface area (Å²) in [6, 6.07) is 13.4. The van der Waals surface area contributed by atoms with Gasteiger partial charge in [0.05, 0.1) is 10.6 Å². The number of benzene rings is 1. The minimum atomic E-state index is -3.58. The molecule has 24 heavy (non-hydrogen) atoms. The zero-order chi connectivity index (χ0) is 17.0. The Morgan fingerprint density at radius 3 is 2.42 bits per heavy atom. The van der Waals surface area contributed by atoms with Crippen molar-refractivity contribution >= 4 is 21.6 Å². The second kappa shape index (κ2) is 7.09. The first-order valence-electron chi connectivity index (χ1n) is 7.15. The van der Waals surface area contributed by atoms with Gasteiger partial charge >= 0.3 is 0 Å². The van der Waals surface area contributed by atoms with Crippen LogP contribution in [0.4, 0.5) is 0 Å². The first-order valence-corrected chi connectivity index (χ1v) is 9.01. The average Bonchev–Trinajstić information content (AvgIpc) is 2.62. The van der Waals surface area contributed by atoms with Crippen LogP contribution in [0.5, 0.6) is 0 Å². The van der Waals surface area contributed by atoms with Gasteiger partial charge in [-0.25, -0.2) is 13.1 Å². The summed E-state index contributed by atoms with van der Waals surface area (Å²) in [7, 11) is -3.58. The topological polar surface area (TPSA) is 72.0 Å². The summed E-state index contributed by atoms with van der Waals surface area (Å²) in [5.41, 5.74) is 2.46. The molecule has 0 radical (unpaired) electrons. The van der Waals surface area contributed by atoms with Gasteiger partial charge in [0.1, 0.15) is 0 Å². The summed E-state index contributed by atoms with van der Waals surface area (Å²) in [6.07, 6.45) is 5.07. The molecule has 0 bridgehead atoms. The van der Waals surface area contributed by atoms with Crippen molar-refractivity contribution in [3.8, 4) is 11.3 Å². The molecule has 0 aliphatic carbocycles. The van der Waals surface area contributed by atoms with Crippen molar-refractivity contribution in [1.82, 2.24) is 14.7 Å². The van der Waals surface area contributed by atoms with E-state index in [1.807, 2.05) is 24.3 Å². The second-order valence-electron chi connectivity index (χ2n) is 5.07. The van der Waals surface area contributed by atoms with Crippen molar-refractivity contribution in [2.45, 2.75) is 11.4 Å². The SMILES string of the molecule is O=S(=O)(NCc1ccc(-c2cccnc2)nc1)c1ccc(Cl)cc1. The van der Waals surface area contributed by atoms with Crippen LogP contribution in [0.1, 0.15) is 5.56 Å². The number of hydrogen-bond acceptors (Lipinski definition) is 4. The predicted molar refractivity (Wildman–Crippen MR) is 92.9 cm³/mol. The van der Waals surface area contributed by atoms with E-state index in [2.05, 4.69) is 14.7 Å². The lowest BCUT2D eigenvalue weighted by Crippen LogP contribution is -2.23. The van der Waals surface area contributed by atoms with Crippen LogP contribution in [-0.4, -0.2) is 18.4 Å². The molecule has 122 valence electrons. The lowest BCUT2D eigenvalue weighted by molar-refractivity contribution is 0.581. The molecule has 0 saturated carbocycles. The average molecular weight is 360 g/mol. The first kappa shape index (κ1) is 16.6. The third kappa shape index (κ3) is 3.97. The highest BCUT2D eigenvalue weighted by molar-refractivity contribution is 7.89. The van der Waals surface area contributed by atoms with Crippen molar-refractivity contribution in [3.63, 3.8) is 0 Å². The van der Waals surface area contributed by atoms with Crippen molar-refractivity contribution in [2.75, 3.05) is 0 Å². The lowest BCUT2D eigenvalue weighted by atomic mass is 10.1. The second-order valence-corrected chi connectivity index (χ2v) is 7.28. The molecule has 2 heterocycles. The van der Waals surface area contributed by atoms with Crippen LogP contribution in [-0.2, 0) is 16.6 Å². The van der Waals surface area contributed by atoms with Gasteiger partial charge in [0.2, 0.25) is 10.0 Å². The van der Waals surface area contributed by atoms with Gasteiger partial charge in [0, 0.05) is 35.7 Å². The van der Waals surface area contributed by atoms with E-state index in [0.717, 1.165) is 16.8 Å². The molecular formula is C17H14ClN3O2S. The minimum absolute atomic E-state index is 0.158. The molecule has 1 aromatic carbocycles. The minimum Gasteiger partial charge on any atom is -0.264 e. The number of nitrogens with one attached hydrogen (secondary N) is 1. The lowest BCUT2D eigenvalue weighted by Gasteiger charge is -2.07. The van der Waals surface area contributed by atoms with Crippen molar-refractivity contribution < 1.29 is 8.42 Å². The third-order valence-corrected chi connectivity index (χ3v) is 5.04. The zero-order valence-electron chi connectivity index (χ0n) is 12.6. The van der Waals surface area contributed by atoms with E-state index in [0.29, 0.717) is 5.02 Å². The van der Waals surface area contributed by atoms with Crippen molar-refractivity contribution in [1.29, 1.82) is 0 Å². The number of nitrogens with zero attached hydrogens (tertiary/aromatic N) is 2. The Kier molecular flexibility index (Phi) is 4.89. The molecule has 1 N–H and O–H groups in total. The van der Waals surface area contributed by atoms with Crippen LogP contribution >= 0.6 is 11.6 Å². The highest BCUT2D eigenvalue weighted by Crippen LogP contribution is 2.16. The maximum Gasteiger partial charge on any atom is 0.240 e. The Morgan fingerprint density at radius 2 is 1.79 bits per heavy atom. The first-order chi connectivity index (χ1) is 11.5. The van der Waals surface area contributed by atoms with Crippen LogP contribution in [0.2, 0.25) is 5.02 Å². The van der Waals surface area contributed by atoms with E-state index >= 15 is 0 Å². The largest absolute Gasteiger partial charge is 0.264 e. The van der Waals surface area contributed by atoms with Crippen LogP contribution in [0.15, 0.2) is 72.0 Å². The maximum absolute atomic E-state index is 12.2. The molecule has 0 unspecified atom stereocenters. The molecular weight excluding hydrogens is 346 g/mol. The summed E-state index contributed by atoms with van der Waals surface area (Å²) in [6.45, 7) is 0.158. The van der Waals surface area contributed by atoms with E-state index in [1.165, 1.54) is 12.1 Å². The Balaban J connectivity index is 1.69. The summed E-state index contributed by atoms with van der Waals surface area (Å²) < 4.78 is 27.0. The fraction of sp³-hybridized carbons (Fsp3) is 0.0588. The van der Waals surface area contributed by atoms with Crippen LogP contribution in [0.25, 0.3) is 11.3 Å². The van der Waals surface area contributed by atoms with E-state index in [9.17, 15) is 8.42 Å². The van der Waals surface area contributed by atoms with Crippen LogP contribution < -0.4 is 4.72 Å². The molecule has 2 aromatic heterocycles. The Hall–Kier alpha value is -2.28. The molecule has 0 atom stereocenters. The molecule has 0 aliphatic heterocycles. The van der Waals surface area contributed by atoms with Crippen molar-refractivity contribution in [2.24, 2.45) is 0 Å². The molecule has 0 aliphatic rings. The number of hydrogen-bond donors (Lipinski definition) is 1. The standard InChI is InChI=1S/C17H14ClN3O2S/c18-15-4-6-16(7-5-15)24(22,23)21-11-13-3-8-17(20-10-13)14-2-1-9-19-12-14/h1-10,12,21H,11H2. The summed E-state index contributed by atoms with van der Waals surface area (Å²) in [4.78, 5) is 8.57. The van der Waals surface area contributed by atoms with E-state index in [1.54, 1.807) is 30.7 Å². The van der Waals surface area contributed by atoms with E-state index in [4.69, 9.17) is 11.6 Å². The monoisotopic (exact) mass is 359 g/mol. The fourth-order valence-electron chi connectivity index (χ4n) is 2.09. The maximum atomic E-state index is 12.2. The quantitative estimate of drug-likeness (QED) is 0.758. The number of sulfonamides is 1. The van der Waals surface area contributed by atoms with Gasteiger partial charge in [-0.2, -0.15) is 0 Å². The van der Waals surface area contributed by atoms with Gasteiger partial charge in [-0.05, 0) is 48.0 Å². The molecule has 0 amide bonds. The fourth-order valence-corrected chi connectivity index (χ4v) is 3.23. The van der Waals surface area contributed by atoms with Crippen LogP contribution in [0, 0.1) is 0 Å². The van der Waals surface area contributed by atoms with Gasteiger partial charge < -0.3 is 0 Å². The van der Waals surface area contributed by atoms with Gasteiger partial charge in [0.15, 0.2) is 0 Å². The smallest absolute Gasteiger partial charge is 0.240 e. The normalized spacial score (nSPS) is 11.4. The summed E-state index contributed by atoms with van der Waals surface area (Å²) in [5.74, 6) is 0. The molecule has 3 rings (SSSR count).